The molecule has 0 aliphatic carbocycles. The molecule has 15 heavy (non-hydrogen) atoms. The summed E-state index contributed by atoms with van der Waals surface area (Å²) in [6.07, 6.45) is 3.29. The SMILES string of the molecule is CN(C)C(=O)CCCNc1ccn(C)n1. The van der Waals surface area contributed by atoms with Crippen molar-refractivity contribution in [3.63, 3.8) is 0 Å². The second kappa shape index (κ2) is 5.38. The Morgan fingerprint density at radius 3 is 2.87 bits per heavy atom. The number of nitrogens with one attached hydrogen (secondary N) is 1. The predicted molar refractivity (Wildman–Crippen MR) is 59.6 cm³/mol. The largest absolute Gasteiger partial charge is 0.369 e. The van der Waals surface area contributed by atoms with Gasteiger partial charge >= 0.3 is 0 Å². The van der Waals surface area contributed by atoms with Gasteiger partial charge in [-0.2, -0.15) is 5.10 Å². The van der Waals surface area contributed by atoms with Crippen molar-refractivity contribution in [2.45, 2.75) is 12.8 Å². The van der Waals surface area contributed by atoms with Crippen LogP contribution in [-0.2, 0) is 11.8 Å². The van der Waals surface area contributed by atoms with E-state index >= 15 is 0 Å². The Bertz CT molecular complexity index is 319. The number of carbonyl (C=O) groups is 1. The molecule has 5 nitrogen and oxygen atoms in total. The second-order valence-electron chi connectivity index (χ2n) is 3.69. The monoisotopic (exact) mass is 210 g/mol. The molecule has 0 unspecified atom stereocenters. The van der Waals surface area contributed by atoms with Crippen molar-refractivity contribution >= 4 is 11.7 Å². The molecule has 0 radical (unpaired) electrons. The molecule has 0 spiro atoms. The first-order chi connectivity index (χ1) is 7.09. The second-order valence-corrected chi connectivity index (χ2v) is 3.69. The predicted octanol–water partition coefficient (Wildman–Crippen LogP) is 0.700. The Morgan fingerprint density at radius 2 is 2.33 bits per heavy atom. The van der Waals surface area contributed by atoms with Crippen molar-refractivity contribution in [1.82, 2.24) is 14.7 Å². The van der Waals surface area contributed by atoms with Gasteiger partial charge in [-0.15, -0.1) is 0 Å². The van der Waals surface area contributed by atoms with Gasteiger partial charge in [0, 0.05) is 46.4 Å². The number of nitrogens with zero attached hydrogens (tertiary/aromatic N) is 3. The molecule has 0 aliphatic rings. The van der Waals surface area contributed by atoms with Crippen LogP contribution in [0.2, 0.25) is 0 Å². The number of hydrogen-bond donors (Lipinski definition) is 1. The lowest BCUT2D eigenvalue weighted by Gasteiger charge is -2.09. The smallest absolute Gasteiger partial charge is 0.222 e. The van der Waals surface area contributed by atoms with Crippen LogP contribution in [0, 0.1) is 0 Å². The lowest BCUT2D eigenvalue weighted by molar-refractivity contribution is -0.128. The summed E-state index contributed by atoms with van der Waals surface area (Å²) in [5, 5.41) is 7.33. The van der Waals surface area contributed by atoms with Crippen molar-refractivity contribution in [2.24, 2.45) is 7.05 Å². The number of aryl methyl sites for hydroxylation is 1. The van der Waals surface area contributed by atoms with E-state index in [9.17, 15) is 4.79 Å². The number of carbonyl (C=O) groups excluding carboxylic acids is 1. The fourth-order valence-corrected chi connectivity index (χ4v) is 1.19. The van der Waals surface area contributed by atoms with Crippen molar-refractivity contribution in [3.05, 3.63) is 12.3 Å². The summed E-state index contributed by atoms with van der Waals surface area (Å²) >= 11 is 0. The highest BCUT2D eigenvalue weighted by Gasteiger charge is 2.02. The molecule has 84 valence electrons. The molecule has 0 bridgehead atoms. The van der Waals surface area contributed by atoms with Crippen molar-refractivity contribution in [3.8, 4) is 0 Å². The van der Waals surface area contributed by atoms with Crippen LogP contribution in [0.4, 0.5) is 5.82 Å². The topological polar surface area (TPSA) is 50.2 Å². The van der Waals surface area contributed by atoms with Gasteiger partial charge in [-0.3, -0.25) is 9.48 Å². The average molecular weight is 210 g/mol. The molecule has 0 saturated heterocycles. The highest BCUT2D eigenvalue weighted by Crippen LogP contribution is 2.01. The minimum absolute atomic E-state index is 0.165. The normalized spacial score (nSPS) is 10.1. The van der Waals surface area contributed by atoms with Crippen LogP contribution in [0.3, 0.4) is 0 Å². The van der Waals surface area contributed by atoms with Crippen molar-refractivity contribution in [1.29, 1.82) is 0 Å². The van der Waals surface area contributed by atoms with Crippen LogP contribution in [0.15, 0.2) is 12.3 Å². The van der Waals surface area contributed by atoms with Gasteiger partial charge < -0.3 is 10.2 Å². The summed E-state index contributed by atoms with van der Waals surface area (Å²) in [6.45, 7) is 0.774. The highest BCUT2D eigenvalue weighted by molar-refractivity contribution is 5.75. The van der Waals surface area contributed by atoms with Gasteiger partial charge in [0.1, 0.15) is 5.82 Å². The van der Waals surface area contributed by atoms with Gasteiger partial charge in [0.25, 0.3) is 0 Å². The number of anilines is 1. The summed E-state index contributed by atoms with van der Waals surface area (Å²) in [7, 11) is 5.42. The zero-order chi connectivity index (χ0) is 11.3. The molecular weight excluding hydrogens is 192 g/mol. The Hall–Kier alpha value is -1.52. The third kappa shape index (κ3) is 4.01. The Balaban J connectivity index is 2.15. The first-order valence-corrected chi connectivity index (χ1v) is 5.03. The van der Waals surface area contributed by atoms with Gasteiger partial charge in [0.05, 0.1) is 0 Å². The maximum Gasteiger partial charge on any atom is 0.222 e. The standard InChI is InChI=1S/C10H18N4O/c1-13(2)10(15)5-4-7-11-9-6-8-14(3)12-9/h6,8H,4-5,7H2,1-3H3,(H,11,12). The lowest BCUT2D eigenvalue weighted by Crippen LogP contribution is -2.22. The van der Waals surface area contributed by atoms with E-state index in [2.05, 4.69) is 10.4 Å². The van der Waals surface area contributed by atoms with E-state index in [0.29, 0.717) is 6.42 Å². The van der Waals surface area contributed by atoms with Crippen LogP contribution >= 0.6 is 0 Å². The zero-order valence-electron chi connectivity index (χ0n) is 9.53. The van der Waals surface area contributed by atoms with Crippen LogP contribution in [0.25, 0.3) is 0 Å². The number of rotatable bonds is 5. The Kier molecular flexibility index (Phi) is 4.15. The first-order valence-electron chi connectivity index (χ1n) is 5.03. The molecule has 0 aromatic carbocycles. The molecule has 1 aromatic heterocycles. The highest BCUT2D eigenvalue weighted by atomic mass is 16.2. The molecule has 1 aromatic rings. The summed E-state index contributed by atoms with van der Waals surface area (Å²) in [5.74, 6) is 1.02. The molecule has 1 rings (SSSR count). The molecule has 5 heteroatoms. The Labute approximate surface area is 90.1 Å². The van der Waals surface area contributed by atoms with Gasteiger partial charge in [0.2, 0.25) is 5.91 Å². The van der Waals surface area contributed by atoms with E-state index in [4.69, 9.17) is 0 Å². The fraction of sp³-hybridized carbons (Fsp3) is 0.600. The van der Waals surface area contributed by atoms with E-state index in [1.807, 2.05) is 19.3 Å². The minimum atomic E-state index is 0.165. The Morgan fingerprint density at radius 1 is 1.60 bits per heavy atom. The van der Waals surface area contributed by atoms with E-state index in [-0.39, 0.29) is 5.91 Å². The van der Waals surface area contributed by atoms with Gasteiger partial charge in [-0.25, -0.2) is 0 Å². The average Bonchev–Trinajstić information content (AvgIpc) is 2.58. The van der Waals surface area contributed by atoms with Gasteiger partial charge in [0.15, 0.2) is 0 Å². The molecule has 0 fully saturated rings. The van der Waals surface area contributed by atoms with Gasteiger partial charge in [-0.05, 0) is 6.42 Å². The third-order valence-corrected chi connectivity index (χ3v) is 2.09. The van der Waals surface area contributed by atoms with Crippen LogP contribution < -0.4 is 5.32 Å². The number of hydrogen-bond acceptors (Lipinski definition) is 3. The van der Waals surface area contributed by atoms with Crippen molar-refractivity contribution in [2.75, 3.05) is 26.0 Å². The summed E-state index contributed by atoms with van der Waals surface area (Å²) < 4.78 is 1.74. The summed E-state index contributed by atoms with van der Waals surface area (Å²) in [6, 6.07) is 1.91. The quantitative estimate of drug-likeness (QED) is 0.728. The summed E-state index contributed by atoms with van der Waals surface area (Å²) in [4.78, 5) is 12.8. The molecule has 0 aliphatic heterocycles. The molecular formula is C10H18N4O. The molecule has 0 atom stereocenters. The van der Waals surface area contributed by atoms with Crippen molar-refractivity contribution < 1.29 is 4.79 Å². The fourth-order valence-electron chi connectivity index (χ4n) is 1.19. The molecule has 0 saturated carbocycles. The minimum Gasteiger partial charge on any atom is -0.369 e. The number of aromatic nitrogens is 2. The zero-order valence-corrected chi connectivity index (χ0v) is 9.53. The summed E-state index contributed by atoms with van der Waals surface area (Å²) in [5.41, 5.74) is 0. The maximum absolute atomic E-state index is 11.2. The van der Waals surface area contributed by atoms with E-state index < -0.39 is 0 Å². The van der Waals surface area contributed by atoms with E-state index in [0.717, 1.165) is 18.8 Å². The third-order valence-electron chi connectivity index (χ3n) is 2.09. The molecule has 1 N–H and O–H groups in total. The molecule has 1 amide bonds. The van der Waals surface area contributed by atoms with Crippen LogP contribution in [-0.4, -0.2) is 41.2 Å². The first kappa shape index (κ1) is 11.6. The molecule has 1 heterocycles. The lowest BCUT2D eigenvalue weighted by atomic mass is 10.3. The van der Waals surface area contributed by atoms with E-state index in [1.54, 1.807) is 23.7 Å². The van der Waals surface area contributed by atoms with Crippen LogP contribution in [0.1, 0.15) is 12.8 Å². The number of amides is 1. The van der Waals surface area contributed by atoms with E-state index in [1.165, 1.54) is 0 Å². The van der Waals surface area contributed by atoms with Crippen LogP contribution in [0.5, 0.6) is 0 Å². The maximum atomic E-state index is 11.2. The van der Waals surface area contributed by atoms with Gasteiger partial charge in [-0.1, -0.05) is 0 Å².